The first-order valence-electron chi connectivity index (χ1n) is 8.64. The predicted octanol–water partition coefficient (Wildman–Crippen LogP) is 2.38. The van der Waals surface area contributed by atoms with Crippen molar-refractivity contribution in [1.82, 2.24) is 5.32 Å². The quantitative estimate of drug-likeness (QED) is 0.895. The SMILES string of the molecule is CC1CN(c2ccccc2NC(=O)CC2CCCN2)CC(C)O1. The van der Waals surface area contributed by atoms with Gasteiger partial charge < -0.3 is 20.3 Å². The van der Waals surface area contributed by atoms with Crippen molar-refractivity contribution in [3.8, 4) is 0 Å². The number of ether oxygens (including phenoxy) is 1. The highest BCUT2D eigenvalue weighted by atomic mass is 16.5. The van der Waals surface area contributed by atoms with E-state index in [2.05, 4.69) is 35.4 Å². The molecule has 0 saturated carbocycles. The van der Waals surface area contributed by atoms with Crippen molar-refractivity contribution in [2.75, 3.05) is 29.9 Å². The van der Waals surface area contributed by atoms with Crippen LogP contribution in [0, 0.1) is 0 Å². The van der Waals surface area contributed by atoms with E-state index in [1.807, 2.05) is 18.2 Å². The minimum absolute atomic E-state index is 0.0891. The summed E-state index contributed by atoms with van der Waals surface area (Å²) in [7, 11) is 0. The van der Waals surface area contributed by atoms with Crippen LogP contribution < -0.4 is 15.5 Å². The topological polar surface area (TPSA) is 53.6 Å². The van der Waals surface area contributed by atoms with Crippen molar-refractivity contribution in [2.24, 2.45) is 0 Å². The highest BCUT2D eigenvalue weighted by Gasteiger charge is 2.24. The van der Waals surface area contributed by atoms with E-state index in [4.69, 9.17) is 4.74 Å². The van der Waals surface area contributed by atoms with Crippen LogP contribution in [-0.2, 0) is 9.53 Å². The normalized spacial score (nSPS) is 27.9. The summed E-state index contributed by atoms with van der Waals surface area (Å²) in [5.74, 6) is 0.0891. The average Bonchev–Trinajstić information content (AvgIpc) is 2.99. The summed E-state index contributed by atoms with van der Waals surface area (Å²) >= 11 is 0. The highest BCUT2D eigenvalue weighted by molar-refractivity contribution is 5.94. The fourth-order valence-electron chi connectivity index (χ4n) is 3.59. The minimum Gasteiger partial charge on any atom is -0.372 e. The molecule has 5 nitrogen and oxygen atoms in total. The highest BCUT2D eigenvalue weighted by Crippen LogP contribution is 2.28. The fourth-order valence-corrected chi connectivity index (χ4v) is 3.59. The Hall–Kier alpha value is -1.59. The second-order valence-electron chi connectivity index (χ2n) is 6.73. The summed E-state index contributed by atoms with van der Waals surface area (Å²) in [5, 5.41) is 6.48. The van der Waals surface area contributed by atoms with Gasteiger partial charge in [-0.15, -0.1) is 0 Å². The van der Waals surface area contributed by atoms with Crippen LogP contribution in [0.25, 0.3) is 0 Å². The lowest BCUT2D eigenvalue weighted by atomic mass is 10.1. The lowest BCUT2D eigenvalue weighted by Crippen LogP contribution is -2.45. The Morgan fingerprint density at radius 2 is 2.04 bits per heavy atom. The summed E-state index contributed by atoms with van der Waals surface area (Å²) in [5.41, 5.74) is 1.99. The first kappa shape index (κ1) is 16.3. The van der Waals surface area contributed by atoms with Gasteiger partial charge in [-0.25, -0.2) is 0 Å². The van der Waals surface area contributed by atoms with Crippen LogP contribution in [0.5, 0.6) is 0 Å². The van der Waals surface area contributed by atoms with Crippen LogP contribution >= 0.6 is 0 Å². The van der Waals surface area contributed by atoms with E-state index in [0.29, 0.717) is 12.5 Å². The molecule has 1 aromatic carbocycles. The van der Waals surface area contributed by atoms with Gasteiger partial charge in [-0.3, -0.25) is 4.79 Å². The zero-order valence-electron chi connectivity index (χ0n) is 14.0. The number of rotatable bonds is 4. The maximum atomic E-state index is 12.3. The maximum absolute atomic E-state index is 12.3. The molecule has 1 amide bonds. The monoisotopic (exact) mass is 317 g/mol. The molecular weight excluding hydrogens is 290 g/mol. The predicted molar refractivity (Wildman–Crippen MR) is 92.9 cm³/mol. The Balaban J connectivity index is 1.68. The molecule has 3 unspecified atom stereocenters. The Bertz CT molecular complexity index is 533. The van der Waals surface area contributed by atoms with E-state index in [0.717, 1.165) is 43.9 Å². The number of hydrogen-bond donors (Lipinski definition) is 2. The van der Waals surface area contributed by atoms with Gasteiger partial charge in [-0.1, -0.05) is 12.1 Å². The number of morpholine rings is 1. The molecule has 2 heterocycles. The average molecular weight is 317 g/mol. The van der Waals surface area contributed by atoms with E-state index in [1.54, 1.807) is 0 Å². The molecule has 2 saturated heterocycles. The van der Waals surface area contributed by atoms with Crippen molar-refractivity contribution in [2.45, 2.75) is 51.4 Å². The first-order valence-corrected chi connectivity index (χ1v) is 8.64. The third kappa shape index (κ3) is 4.24. The van der Waals surface area contributed by atoms with Gasteiger partial charge in [-0.05, 0) is 45.4 Å². The zero-order valence-corrected chi connectivity index (χ0v) is 14.0. The lowest BCUT2D eigenvalue weighted by molar-refractivity contribution is -0.116. The molecule has 3 rings (SSSR count). The second kappa shape index (κ2) is 7.32. The van der Waals surface area contributed by atoms with E-state index < -0.39 is 0 Å². The van der Waals surface area contributed by atoms with Crippen LogP contribution in [-0.4, -0.2) is 43.8 Å². The Labute approximate surface area is 138 Å². The first-order chi connectivity index (χ1) is 11.1. The molecule has 0 spiro atoms. The number of hydrogen-bond acceptors (Lipinski definition) is 4. The van der Waals surface area contributed by atoms with Crippen LogP contribution in [0.4, 0.5) is 11.4 Å². The lowest BCUT2D eigenvalue weighted by Gasteiger charge is -2.37. The summed E-state index contributed by atoms with van der Waals surface area (Å²) in [6.07, 6.45) is 3.20. The van der Waals surface area contributed by atoms with E-state index in [9.17, 15) is 4.79 Å². The number of nitrogens with one attached hydrogen (secondary N) is 2. The summed E-state index contributed by atoms with van der Waals surface area (Å²) in [6, 6.07) is 8.38. The van der Waals surface area contributed by atoms with E-state index >= 15 is 0 Å². The Morgan fingerprint density at radius 3 is 2.74 bits per heavy atom. The summed E-state index contributed by atoms with van der Waals surface area (Å²) in [6.45, 7) is 6.91. The van der Waals surface area contributed by atoms with Gasteiger partial charge >= 0.3 is 0 Å². The molecule has 23 heavy (non-hydrogen) atoms. The molecule has 0 radical (unpaired) electrons. The number of nitrogens with zero attached hydrogens (tertiary/aromatic N) is 1. The molecule has 5 heteroatoms. The number of carbonyl (C=O) groups is 1. The van der Waals surface area contributed by atoms with Crippen LogP contribution in [0.1, 0.15) is 33.1 Å². The molecule has 2 N–H and O–H groups in total. The molecule has 1 aromatic rings. The third-order valence-electron chi connectivity index (χ3n) is 4.53. The van der Waals surface area contributed by atoms with Gasteiger partial charge in [0.1, 0.15) is 0 Å². The minimum atomic E-state index is 0.0891. The van der Waals surface area contributed by atoms with Crippen molar-refractivity contribution >= 4 is 17.3 Å². The van der Waals surface area contributed by atoms with Crippen LogP contribution in [0.2, 0.25) is 0 Å². The van der Waals surface area contributed by atoms with Crippen LogP contribution in [0.15, 0.2) is 24.3 Å². The van der Waals surface area contributed by atoms with Gasteiger partial charge in [0.05, 0.1) is 23.6 Å². The van der Waals surface area contributed by atoms with Crippen molar-refractivity contribution in [3.63, 3.8) is 0 Å². The molecule has 3 atom stereocenters. The standard InChI is InChI=1S/C18H27N3O2/c1-13-11-21(12-14(2)23-13)17-8-4-3-7-16(17)20-18(22)10-15-6-5-9-19-15/h3-4,7-8,13-15,19H,5-6,9-12H2,1-2H3,(H,20,22). The number of carbonyl (C=O) groups excluding carboxylic acids is 1. The summed E-state index contributed by atoms with van der Waals surface area (Å²) in [4.78, 5) is 14.6. The van der Waals surface area contributed by atoms with Crippen molar-refractivity contribution in [1.29, 1.82) is 0 Å². The number of para-hydroxylation sites is 2. The summed E-state index contributed by atoms with van der Waals surface area (Å²) < 4.78 is 5.81. The molecule has 0 aromatic heterocycles. The smallest absolute Gasteiger partial charge is 0.225 e. The maximum Gasteiger partial charge on any atom is 0.225 e. The Kier molecular flexibility index (Phi) is 5.18. The zero-order chi connectivity index (χ0) is 16.2. The van der Waals surface area contributed by atoms with Crippen molar-refractivity contribution in [3.05, 3.63) is 24.3 Å². The fraction of sp³-hybridized carbons (Fsp3) is 0.611. The largest absolute Gasteiger partial charge is 0.372 e. The van der Waals surface area contributed by atoms with E-state index in [-0.39, 0.29) is 18.1 Å². The van der Waals surface area contributed by atoms with Gasteiger partial charge in [0.25, 0.3) is 0 Å². The van der Waals surface area contributed by atoms with Crippen molar-refractivity contribution < 1.29 is 9.53 Å². The second-order valence-corrected chi connectivity index (χ2v) is 6.73. The molecular formula is C18H27N3O2. The van der Waals surface area contributed by atoms with Crippen LogP contribution in [0.3, 0.4) is 0 Å². The number of benzene rings is 1. The third-order valence-corrected chi connectivity index (χ3v) is 4.53. The molecule has 0 aliphatic carbocycles. The van der Waals surface area contributed by atoms with Gasteiger partial charge in [0, 0.05) is 25.6 Å². The number of amides is 1. The molecule has 126 valence electrons. The van der Waals surface area contributed by atoms with Gasteiger partial charge in [-0.2, -0.15) is 0 Å². The van der Waals surface area contributed by atoms with E-state index in [1.165, 1.54) is 0 Å². The Morgan fingerprint density at radius 1 is 1.30 bits per heavy atom. The number of anilines is 2. The van der Waals surface area contributed by atoms with Gasteiger partial charge in [0.2, 0.25) is 5.91 Å². The molecule has 2 aliphatic heterocycles. The molecule has 2 fully saturated rings. The molecule has 2 aliphatic rings. The molecule has 0 bridgehead atoms. The van der Waals surface area contributed by atoms with Gasteiger partial charge in [0.15, 0.2) is 0 Å².